The summed E-state index contributed by atoms with van der Waals surface area (Å²) >= 11 is 0. The number of carbonyl (C=O) groups is 1. The average Bonchev–Trinajstić information content (AvgIpc) is 2.26. The highest BCUT2D eigenvalue weighted by molar-refractivity contribution is 5.69. The van der Waals surface area contributed by atoms with Crippen LogP contribution in [-0.4, -0.2) is 34.7 Å². The second kappa shape index (κ2) is 5.12. The monoisotopic (exact) mass is 273 g/mol. The van der Waals surface area contributed by atoms with Gasteiger partial charge in [0.1, 0.15) is 11.7 Å². The van der Waals surface area contributed by atoms with Gasteiger partial charge in [-0.15, -0.1) is 0 Å². The molecule has 1 aromatic heterocycles. The number of ether oxygens (including phenoxy) is 1. The molecule has 20 heavy (non-hydrogen) atoms. The van der Waals surface area contributed by atoms with E-state index in [1.54, 1.807) is 11.1 Å². The Balaban J connectivity index is 1.97. The van der Waals surface area contributed by atoms with E-state index in [2.05, 4.69) is 11.1 Å². The molecule has 2 rings (SSSR count). The van der Waals surface area contributed by atoms with Crippen LogP contribution in [-0.2, 0) is 4.74 Å². The fraction of sp³-hybridized carbons (Fsp3) is 0.533. The van der Waals surface area contributed by atoms with Crippen LogP contribution < -0.4 is 0 Å². The molecular formula is C15H19N3O2. The average molecular weight is 273 g/mol. The molecule has 0 saturated carbocycles. The Kier molecular flexibility index (Phi) is 3.67. The number of hydrogen-bond donors (Lipinski definition) is 0. The highest BCUT2D eigenvalue weighted by atomic mass is 16.6. The van der Waals surface area contributed by atoms with Gasteiger partial charge in [-0.05, 0) is 39.3 Å². The summed E-state index contributed by atoms with van der Waals surface area (Å²) < 4.78 is 5.32. The summed E-state index contributed by atoms with van der Waals surface area (Å²) in [6.45, 7) is 8.75. The number of aromatic nitrogens is 1. The molecule has 1 aliphatic rings. The van der Waals surface area contributed by atoms with Crippen molar-refractivity contribution in [1.82, 2.24) is 9.88 Å². The van der Waals surface area contributed by atoms with E-state index in [0.717, 1.165) is 11.3 Å². The summed E-state index contributed by atoms with van der Waals surface area (Å²) in [5.41, 5.74) is 2.06. The Hall–Kier alpha value is -2.09. The molecule has 2 heterocycles. The van der Waals surface area contributed by atoms with Crippen molar-refractivity contribution in [3.63, 3.8) is 0 Å². The summed E-state index contributed by atoms with van der Waals surface area (Å²) in [7, 11) is 0. The summed E-state index contributed by atoms with van der Waals surface area (Å²) in [6, 6.07) is 3.91. The molecule has 1 aliphatic heterocycles. The number of nitriles is 1. The Labute approximate surface area is 119 Å². The first-order chi connectivity index (χ1) is 9.30. The van der Waals surface area contributed by atoms with Gasteiger partial charge >= 0.3 is 6.09 Å². The molecule has 1 saturated heterocycles. The predicted octanol–water partition coefficient (Wildman–Crippen LogP) is 2.60. The highest BCUT2D eigenvalue weighted by Gasteiger charge is 2.35. The fourth-order valence-electron chi connectivity index (χ4n) is 2.20. The first kappa shape index (κ1) is 14.3. The molecule has 0 aliphatic carbocycles. The summed E-state index contributed by atoms with van der Waals surface area (Å²) in [4.78, 5) is 17.9. The summed E-state index contributed by atoms with van der Waals surface area (Å²) in [5, 5.41) is 8.83. The molecule has 0 bridgehead atoms. The van der Waals surface area contributed by atoms with Crippen LogP contribution in [0.15, 0.2) is 12.3 Å². The molecule has 1 fully saturated rings. The first-order valence-corrected chi connectivity index (χ1v) is 6.65. The Bertz CT molecular complexity index is 563. The van der Waals surface area contributed by atoms with E-state index in [0.29, 0.717) is 18.7 Å². The minimum Gasteiger partial charge on any atom is -0.444 e. The number of amides is 1. The van der Waals surface area contributed by atoms with E-state index in [1.165, 1.54) is 0 Å². The zero-order valence-corrected chi connectivity index (χ0v) is 12.3. The van der Waals surface area contributed by atoms with E-state index < -0.39 is 5.60 Å². The number of likely N-dealkylation sites (tertiary alicyclic amines) is 1. The summed E-state index contributed by atoms with van der Waals surface area (Å²) in [5.74, 6) is 0.232. The van der Waals surface area contributed by atoms with Gasteiger partial charge in [0.15, 0.2) is 0 Å². The van der Waals surface area contributed by atoms with Crippen LogP contribution >= 0.6 is 0 Å². The molecular weight excluding hydrogens is 254 g/mol. The lowest BCUT2D eigenvalue weighted by Crippen LogP contribution is -2.50. The van der Waals surface area contributed by atoms with Gasteiger partial charge in [-0.3, -0.25) is 4.98 Å². The van der Waals surface area contributed by atoms with E-state index in [9.17, 15) is 4.79 Å². The molecule has 1 aromatic rings. The molecule has 0 aromatic carbocycles. The summed E-state index contributed by atoms with van der Waals surface area (Å²) in [6.07, 6.45) is 1.30. The van der Waals surface area contributed by atoms with E-state index in [-0.39, 0.29) is 12.0 Å². The van der Waals surface area contributed by atoms with Crippen molar-refractivity contribution in [3.8, 4) is 6.07 Å². The van der Waals surface area contributed by atoms with Crippen LogP contribution in [0.25, 0.3) is 0 Å². The van der Waals surface area contributed by atoms with E-state index in [1.807, 2.05) is 33.8 Å². The molecule has 0 spiro atoms. The second-order valence-electron chi connectivity index (χ2n) is 6.12. The zero-order valence-electron chi connectivity index (χ0n) is 12.3. The number of carbonyl (C=O) groups excluding carboxylic acids is 1. The smallest absolute Gasteiger partial charge is 0.410 e. The van der Waals surface area contributed by atoms with Gasteiger partial charge in [0.2, 0.25) is 0 Å². The van der Waals surface area contributed by atoms with E-state index in [4.69, 9.17) is 10.00 Å². The Morgan fingerprint density at radius 3 is 2.65 bits per heavy atom. The third-order valence-electron chi connectivity index (χ3n) is 3.17. The first-order valence-electron chi connectivity index (χ1n) is 6.65. The van der Waals surface area contributed by atoms with Crippen LogP contribution in [0.5, 0.6) is 0 Å². The van der Waals surface area contributed by atoms with Crippen molar-refractivity contribution in [2.75, 3.05) is 13.1 Å². The van der Waals surface area contributed by atoms with Gasteiger partial charge in [-0.2, -0.15) is 5.26 Å². The lowest BCUT2D eigenvalue weighted by atomic mass is 9.93. The van der Waals surface area contributed by atoms with Crippen molar-refractivity contribution in [2.24, 2.45) is 0 Å². The Morgan fingerprint density at radius 1 is 1.50 bits per heavy atom. The van der Waals surface area contributed by atoms with Crippen molar-refractivity contribution < 1.29 is 9.53 Å². The second-order valence-corrected chi connectivity index (χ2v) is 6.12. The molecule has 5 nitrogen and oxygen atoms in total. The molecule has 0 unspecified atom stereocenters. The normalized spacial score (nSPS) is 15.4. The van der Waals surface area contributed by atoms with Crippen LogP contribution in [0.1, 0.15) is 43.5 Å². The number of nitrogens with zero attached hydrogens (tertiary/aromatic N) is 3. The molecule has 0 N–H and O–H groups in total. The van der Waals surface area contributed by atoms with Crippen molar-refractivity contribution >= 4 is 6.09 Å². The number of pyridine rings is 1. The number of rotatable bonds is 1. The minimum atomic E-state index is -0.467. The molecule has 1 amide bonds. The topological polar surface area (TPSA) is 66.2 Å². The predicted molar refractivity (Wildman–Crippen MR) is 74.2 cm³/mol. The van der Waals surface area contributed by atoms with Crippen LogP contribution in [0.3, 0.4) is 0 Å². The zero-order chi connectivity index (χ0) is 14.9. The lowest BCUT2D eigenvalue weighted by Gasteiger charge is -2.39. The van der Waals surface area contributed by atoms with Crippen LogP contribution in [0.4, 0.5) is 4.79 Å². The van der Waals surface area contributed by atoms with Gasteiger partial charge in [0, 0.05) is 30.9 Å². The Morgan fingerprint density at radius 2 is 2.15 bits per heavy atom. The molecule has 0 radical (unpaired) electrons. The molecule has 5 heteroatoms. The highest BCUT2D eigenvalue weighted by Crippen LogP contribution is 2.29. The maximum absolute atomic E-state index is 11.8. The van der Waals surface area contributed by atoms with Gasteiger partial charge in [0.05, 0.1) is 5.56 Å². The third kappa shape index (κ3) is 3.08. The minimum absolute atomic E-state index is 0.232. The third-order valence-corrected chi connectivity index (χ3v) is 3.17. The maximum Gasteiger partial charge on any atom is 0.410 e. The largest absolute Gasteiger partial charge is 0.444 e. The van der Waals surface area contributed by atoms with E-state index >= 15 is 0 Å². The van der Waals surface area contributed by atoms with Crippen LogP contribution in [0.2, 0.25) is 0 Å². The van der Waals surface area contributed by atoms with Crippen molar-refractivity contribution in [1.29, 1.82) is 5.26 Å². The van der Waals surface area contributed by atoms with Crippen molar-refractivity contribution in [3.05, 3.63) is 29.1 Å². The van der Waals surface area contributed by atoms with Gasteiger partial charge < -0.3 is 9.64 Å². The fourth-order valence-corrected chi connectivity index (χ4v) is 2.20. The van der Waals surface area contributed by atoms with Crippen molar-refractivity contribution in [2.45, 2.75) is 39.2 Å². The number of aryl methyl sites for hydroxylation is 1. The molecule has 0 atom stereocenters. The number of hydrogen-bond acceptors (Lipinski definition) is 4. The van der Waals surface area contributed by atoms with Crippen LogP contribution in [0, 0.1) is 18.3 Å². The molecule has 106 valence electrons. The maximum atomic E-state index is 11.8. The van der Waals surface area contributed by atoms with Gasteiger partial charge in [0.25, 0.3) is 0 Å². The SMILES string of the molecule is Cc1cc(C#N)cnc1C1CN(C(=O)OC(C)(C)C)C1. The standard InChI is InChI=1S/C15H19N3O2/c1-10-5-11(6-16)7-17-13(10)12-8-18(9-12)14(19)20-15(2,3)4/h5,7,12H,8-9H2,1-4H3. The van der Waals surface area contributed by atoms with Gasteiger partial charge in [-0.25, -0.2) is 4.79 Å². The quantitative estimate of drug-likeness (QED) is 0.788. The lowest BCUT2D eigenvalue weighted by molar-refractivity contribution is 0.00781. The van der Waals surface area contributed by atoms with Gasteiger partial charge in [-0.1, -0.05) is 0 Å².